The van der Waals surface area contributed by atoms with Crippen LogP contribution in [0, 0.1) is 0 Å². The van der Waals surface area contributed by atoms with Gasteiger partial charge in [-0.1, -0.05) is 13.8 Å². The summed E-state index contributed by atoms with van der Waals surface area (Å²) >= 11 is 0. The lowest BCUT2D eigenvalue weighted by atomic mass is 10.1. The lowest BCUT2D eigenvalue weighted by molar-refractivity contribution is 0.492. The van der Waals surface area contributed by atoms with Crippen molar-refractivity contribution in [2.45, 2.75) is 51.6 Å². The lowest BCUT2D eigenvalue weighted by Gasteiger charge is -2.29. The van der Waals surface area contributed by atoms with Crippen LogP contribution in [0.3, 0.4) is 0 Å². The van der Waals surface area contributed by atoms with Crippen LogP contribution in [-0.2, 0) is 0 Å². The minimum Gasteiger partial charge on any atom is -0.372 e. The Balaban J connectivity index is 1.59. The normalized spacial score (nSPS) is 23.1. The number of hydrogen-bond acceptors (Lipinski definition) is 3. The molecule has 3 rings (SSSR count). The quantitative estimate of drug-likeness (QED) is 0.917. The maximum Gasteiger partial charge on any atom is 0.0368 e. The van der Waals surface area contributed by atoms with Crippen molar-refractivity contribution in [2.75, 3.05) is 36.0 Å². The van der Waals surface area contributed by atoms with Crippen LogP contribution in [-0.4, -0.2) is 38.3 Å². The second kappa shape index (κ2) is 6.69. The van der Waals surface area contributed by atoms with E-state index in [1.165, 1.54) is 56.7 Å². The maximum atomic E-state index is 3.65. The van der Waals surface area contributed by atoms with Crippen LogP contribution in [0.1, 0.15) is 39.5 Å². The molecule has 0 spiro atoms. The maximum absolute atomic E-state index is 3.65. The molecule has 2 fully saturated rings. The van der Waals surface area contributed by atoms with Crippen molar-refractivity contribution in [3.63, 3.8) is 0 Å². The van der Waals surface area contributed by atoms with Crippen LogP contribution in [0.5, 0.6) is 0 Å². The first kappa shape index (κ1) is 14.7. The number of benzene rings is 1. The molecule has 2 saturated heterocycles. The smallest absolute Gasteiger partial charge is 0.0368 e. The highest BCUT2D eigenvalue weighted by molar-refractivity contribution is 5.57. The molecule has 3 heteroatoms. The Morgan fingerprint density at radius 3 is 2.14 bits per heavy atom. The first-order valence-corrected chi connectivity index (χ1v) is 8.58. The van der Waals surface area contributed by atoms with Gasteiger partial charge in [-0.05, 0) is 49.9 Å². The zero-order valence-electron chi connectivity index (χ0n) is 13.5. The fourth-order valence-electron chi connectivity index (χ4n) is 3.63. The summed E-state index contributed by atoms with van der Waals surface area (Å²) in [5.74, 6) is 0. The van der Waals surface area contributed by atoms with Gasteiger partial charge in [0.05, 0.1) is 0 Å². The van der Waals surface area contributed by atoms with E-state index in [1.807, 2.05) is 0 Å². The van der Waals surface area contributed by atoms with Crippen molar-refractivity contribution in [3.8, 4) is 0 Å². The Labute approximate surface area is 129 Å². The summed E-state index contributed by atoms with van der Waals surface area (Å²) in [6.07, 6.45) is 5.34. The van der Waals surface area contributed by atoms with Gasteiger partial charge in [-0.15, -0.1) is 0 Å². The van der Waals surface area contributed by atoms with Crippen LogP contribution >= 0.6 is 0 Å². The molecule has 0 aliphatic carbocycles. The first-order chi connectivity index (χ1) is 10.2. The predicted octanol–water partition coefficient (Wildman–Crippen LogP) is 3.25. The molecular formula is C18H29N3. The van der Waals surface area contributed by atoms with E-state index >= 15 is 0 Å². The van der Waals surface area contributed by atoms with E-state index in [0.29, 0.717) is 12.1 Å². The van der Waals surface area contributed by atoms with Crippen LogP contribution in [0.2, 0.25) is 0 Å². The van der Waals surface area contributed by atoms with E-state index in [-0.39, 0.29) is 0 Å². The number of nitrogens with zero attached hydrogens (tertiary/aromatic N) is 2. The van der Waals surface area contributed by atoms with Crippen molar-refractivity contribution in [1.29, 1.82) is 0 Å². The number of rotatable bonds is 4. The van der Waals surface area contributed by atoms with Crippen LogP contribution in [0.25, 0.3) is 0 Å². The van der Waals surface area contributed by atoms with Gasteiger partial charge in [0.1, 0.15) is 0 Å². The molecule has 0 radical (unpaired) electrons. The van der Waals surface area contributed by atoms with E-state index in [4.69, 9.17) is 0 Å². The molecule has 2 aliphatic heterocycles. The molecule has 0 aromatic heterocycles. The van der Waals surface area contributed by atoms with Gasteiger partial charge in [-0.2, -0.15) is 0 Å². The molecular weight excluding hydrogens is 258 g/mol. The summed E-state index contributed by atoms with van der Waals surface area (Å²) in [6.45, 7) is 9.23. The van der Waals surface area contributed by atoms with Gasteiger partial charge in [0.2, 0.25) is 0 Å². The van der Waals surface area contributed by atoms with Crippen LogP contribution in [0.4, 0.5) is 11.4 Å². The molecule has 1 N–H and O–H groups in total. The average molecular weight is 287 g/mol. The lowest BCUT2D eigenvalue weighted by Crippen LogP contribution is -2.37. The molecule has 0 saturated carbocycles. The van der Waals surface area contributed by atoms with E-state index in [9.17, 15) is 0 Å². The zero-order chi connectivity index (χ0) is 14.7. The van der Waals surface area contributed by atoms with Crippen molar-refractivity contribution >= 4 is 11.4 Å². The Hall–Kier alpha value is -1.22. The fraction of sp³-hybridized carbons (Fsp3) is 0.667. The summed E-state index contributed by atoms with van der Waals surface area (Å²) in [5, 5.41) is 3.65. The van der Waals surface area contributed by atoms with Crippen molar-refractivity contribution in [2.24, 2.45) is 0 Å². The minimum absolute atomic E-state index is 0.580. The van der Waals surface area contributed by atoms with Crippen molar-refractivity contribution < 1.29 is 0 Å². The van der Waals surface area contributed by atoms with Crippen molar-refractivity contribution in [3.05, 3.63) is 24.3 Å². The molecule has 0 bridgehead atoms. The Kier molecular flexibility index (Phi) is 4.69. The topological polar surface area (TPSA) is 18.5 Å². The second-order valence-corrected chi connectivity index (χ2v) is 6.82. The van der Waals surface area contributed by atoms with Gasteiger partial charge in [0.25, 0.3) is 0 Å². The van der Waals surface area contributed by atoms with Crippen LogP contribution < -0.4 is 15.1 Å². The fourth-order valence-corrected chi connectivity index (χ4v) is 3.63. The van der Waals surface area contributed by atoms with Gasteiger partial charge >= 0.3 is 0 Å². The van der Waals surface area contributed by atoms with E-state index in [1.54, 1.807) is 0 Å². The summed E-state index contributed by atoms with van der Waals surface area (Å²) < 4.78 is 0. The second-order valence-electron chi connectivity index (χ2n) is 6.82. The highest BCUT2D eigenvalue weighted by Gasteiger charge is 2.23. The zero-order valence-corrected chi connectivity index (χ0v) is 13.5. The Bertz CT molecular complexity index is 434. The third-order valence-electron chi connectivity index (χ3n) is 4.69. The molecule has 1 atom stereocenters. The van der Waals surface area contributed by atoms with E-state index in [2.05, 4.69) is 53.2 Å². The number of piperidine rings is 1. The van der Waals surface area contributed by atoms with Gasteiger partial charge in [-0.25, -0.2) is 0 Å². The third kappa shape index (κ3) is 3.70. The van der Waals surface area contributed by atoms with Crippen LogP contribution in [0.15, 0.2) is 24.3 Å². The molecule has 1 unspecified atom stereocenters. The van der Waals surface area contributed by atoms with Gasteiger partial charge < -0.3 is 15.1 Å². The molecule has 0 amide bonds. The molecule has 1 aromatic carbocycles. The summed E-state index contributed by atoms with van der Waals surface area (Å²) in [6, 6.07) is 10.5. The monoisotopic (exact) mass is 287 g/mol. The Morgan fingerprint density at radius 2 is 1.52 bits per heavy atom. The summed E-state index contributed by atoms with van der Waals surface area (Å²) in [5.41, 5.74) is 2.78. The molecule has 116 valence electrons. The molecule has 3 nitrogen and oxygen atoms in total. The SMILES string of the molecule is CC(C)NC1CCN(c2ccc(N3CCCCC3)cc2)C1. The minimum atomic E-state index is 0.580. The highest BCUT2D eigenvalue weighted by Crippen LogP contribution is 2.25. The standard InChI is InChI=1S/C18H29N3/c1-15(2)19-16-10-13-21(14-16)18-8-6-17(7-9-18)20-11-4-3-5-12-20/h6-9,15-16,19H,3-5,10-14H2,1-2H3. The predicted molar refractivity (Wildman–Crippen MR) is 91.4 cm³/mol. The van der Waals surface area contributed by atoms with Gasteiger partial charge in [0.15, 0.2) is 0 Å². The first-order valence-electron chi connectivity index (χ1n) is 8.58. The van der Waals surface area contributed by atoms with E-state index in [0.717, 1.165) is 6.54 Å². The third-order valence-corrected chi connectivity index (χ3v) is 4.69. The van der Waals surface area contributed by atoms with Gasteiger partial charge in [-0.3, -0.25) is 0 Å². The average Bonchev–Trinajstić information content (AvgIpc) is 2.96. The summed E-state index contributed by atoms with van der Waals surface area (Å²) in [7, 11) is 0. The van der Waals surface area contributed by atoms with E-state index < -0.39 is 0 Å². The van der Waals surface area contributed by atoms with Gasteiger partial charge in [0, 0.05) is 49.6 Å². The molecule has 21 heavy (non-hydrogen) atoms. The number of hydrogen-bond donors (Lipinski definition) is 1. The molecule has 2 aliphatic rings. The number of nitrogens with one attached hydrogen (secondary N) is 1. The Morgan fingerprint density at radius 1 is 0.905 bits per heavy atom. The molecule has 1 aromatic rings. The highest BCUT2D eigenvalue weighted by atomic mass is 15.2. The summed E-state index contributed by atoms with van der Waals surface area (Å²) in [4.78, 5) is 5.04. The van der Waals surface area contributed by atoms with Crippen molar-refractivity contribution in [1.82, 2.24) is 5.32 Å². The largest absolute Gasteiger partial charge is 0.372 e. The molecule has 2 heterocycles. The number of anilines is 2.